The van der Waals surface area contributed by atoms with E-state index in [0.29, 0.717) is 27.5 Å². The number of methoxy groups -OCH3 is 1. The summed E-state index contributed by atoms with van der Waals surface area (Å²) in [6.45, 7) is 2.02. The Balaban J connectivity index is 1.76. The van der Waals surface area contributed by atoms with Crippen molar-refractivity contribution >= 4 is 40.6 Å². The van der Waals surface area contributed by atoms with Crippen molar-refractivity contribution in [2.75, 3.05) is 26.0 Å². The molecule has 0 unspecified atom stereocenters. The Morgan fingerprint density at radius 3 is 2.77 bits per heavy atom. The SMILES string of the molecule is CCOC(=O)C1=C(CSc2nc3cc(C(=O)OC)ccc3c(=O)n2Cc2ccco2)NC(=O)NC1. The summed E-state index contributed by atoms with van der Waals surface area (Å²) in [5.41, 5.74) is 0.876. The fourth-order valence-electron chi connectivity index (χ4n) is 3.46. The van der Waals surface area contributed by atoms with Crippen LogP contribution in [0.15, 0.2) is 62.2 Å². The van der Waals surface area contributed by atoms with Crippen LogP contribution < -0.4 is 16.2 Å². The van der Waals surface area contributed by atoms with Crippen molar-refractivity contribution in [1.82, 2.24) is 20.2 Å². The number of rotatable bonds is 8. The van der Waals surface area contributed by atoms with Gasteiger partial charge in [-0.25, -0.2) is 19.4 Å². The van der Waals surface area contributed by atoms with Crippen molar-refractivity contribution in [3.8, 4) is 0 Å². The number of nitrogens with one attached hydrogen (secondary N) is 2. The molecule has 0 aliphatic carbocycles. The van der Waals surface area contributed by atoms with E-state index >= 15 is 0 Å². The first-order valence-electron chi connectivity index (χ1n) is 10.6. The molecule has 35 heavy (non-hydrogen) atoms. The number of hydrogen-bond donors (Lipinski definition) is 2. The molecule has 12 heteroatoms. The smallest absolute Gasteiger partial charge is 0.337 e. The molecule has 2 aromatic heterocycles. The number of carbonyl (C=O) groups is 3. The molecule has 0 radical (unpaired) electrons. The van der Waals surface area contributed by atoms with Gasteiger partial charge in [-0.3, -0.25) is 9.36 Å². The van der Waals surface area contributed by atoms with Gasteiger partial charge in [0.1, 0.15) is 5.76 Å². The quantitative estimate of drug-likeness (QED) is 0.271. The largest absolute Gasteiger partial charge is 0.467 e. The third kappa shape index (κ3) is 5.22. The lowest BCUT2D eigenvalue weighted by atomic mass is 10.1. The minimum Gasteiger partial charge on any atom is -0.467 e. The number of thioether (sulfide) groups is 1. The van der Waals surface area contributed by atoms with E-state index < -0.39 is 18.0 Å². The Labute approximate surface area is 203 Å². The van der Waals surface area contributed by atoms with Crippen LogP contribution in [0.2, 0.25) is 0 Å². The van der Waals surface area contributed by atoms with E-state index in [-0.39, 0.29) is 42.1 Å². The van der Waals surface area contributed by atoms with Gasteiger partial charge in [-0.1, -0.05) is 11.8 Å². The van der Waals surface area contributed by atoms with Gasteiger partial charge in [-0.05, 0) is 37.3 Å². The summed E-state index contributed by atoms with van der Waals surface area (Å²) < 4.78 is 16.7. The number of nitrogens with zero attached hydrogens (tertiary/aromatic N) is 2. The predicted molar refractivity (Wildman–Crippen MR) is 126 cm³/mol. The van der Waals surface area contributed by atoms with Gasteiger partial charge in [0, 0.05) is 11.4 Å². The zero-order valence-electron chi connectivity index (χ0n) is 19.0. The molecule has 0 fully saturated rings. The Morgan fingerprint density at radius 2 is 2.06 bits per heavy atom. The van der Waals surface area contributed by atoms with Crippen LogP contribution in [-0.2, 0) is 20.8 Å². The highest BCUT2D eigenvalue weighted by molar-refractivity contribution is 7.99. The minimum atomic E-state index is -0.552. The standard InChI is InChI=1S/C23H22N4O7S/c1-3-33-21(30)16-10-24-22(31)25-18(16)12-35-23-26-17-9-13(20(29)32-2)6-7-15(17)19(28)27(23)11-14-5-4-8-34-14/h4-9H,3,10-12H2,1-2H3,(H2,24,25,31). The van der Waals surface area contributed by atoms with E-state index in [4.69, 9.17) is 13.9 Å². The maximum atomic E-state index is 13.4. The van der Waals surface area contributed by atoms with Gasteiger partial charge in [-0.15, -0.1) is 0 Å². The number of amides is 2. The number of esters is 2. The van der Waals surface area contributed by atoms with Gasteiger partial charge >= 0.3 is 18.0 Å². The first-order chi connectivity index (χ1) is 16.9. The number of urea groups is 1. The van der Waals surface area contributed by atoms with Crippen molar-refractivity contribution in [3.63, 3.8) is 0 Å². The predicted octanol–water partition coefficient (Wildman–Crippen LogP) is 2.05. The Kier molecular flexibility index (Phi) is 7.20. The van der Waals surface area contributed by atoms with Crippen LogP contribution in [0.25, 0.3) is 10.9 Å². The van der Waals surface area contributed by atoms with Crippen LogP contribution in [0.4, 0.5) is 4.79 Å². The third-order valence-corrected chi connectivity index (χ3v) is 6.16. The van der Waals surface area contributed by atoms with Gasteiger partial charge in [0.2, 0.25) is 0 Å². The van der Waals surface area contributed by atoms with Gasteiger partial charge in [0.05, 0.1) is 55.1 Å². The normalized spacial score (nSPS) is 13.4. The van der Waals surface area contributed by atoms with E-state index in [0.717, 1.165) is 11.8 Å². The summed E-state index contributed by atoms with van der Waals surface area (Å²) in [6, 6.07) is 7.52. The highest BCUT2D eigenvalue weighted by Gasteiger charge is 2.24. The van der Waals surface area contributed by atoms with E-state index in [2.05, 4.69) is 15.6 Å². The first-order valence-corrected chi connectivity index (χ1v) is 11.6. The highest BCUT2D eigenvalue weighted by atomic mass is 32.2. The van der Waals surface area contributed by atoms with E-state index in [9.17, 15) is 19.2 Å². The Bertz CT molecular complexity index is 1380. The van der Waals surface area contributed by atoms with Crippen LogP contribution in [0.5, 0.6) is 0 Å². The lowest BCUT2D eigenvalue weighted by molar-refractivity contribution is -0.138. The molecule has 1 aromatic carbocycles. The number of benzene rings is 1. The summed E-state index contributed by atoms with van der Waals surface area (Å²) in [5, 5.41) is 5.81. The fourth-order valence-corrected chi connectivity index (χ4v) is 4.45. The van der Waals surface area contributed by atoms with Crippen LogP contribution in [0.1, 0.15) is 23.0 Å². The second-order valence-electron chi connectivity index (χ2n) is 7.36. The van der Waals surface area contributed by atoms with Crippen LogP contribution in [0.3, 0.4) is 0 Å². The number of furan rings is 1. The summed E-state index contributed by atoms with van der Waals surface area (Å²) in [5.74, 6) is -0.418. The molecule has 1 aliphatic heterocycles. The van der Waals surface area contributed by atoms with Crippen LogP contribution in [-0.4, -0.2) is 53.5 Å². The topological polar surface area (TPSA) is 142 Å². The number of fused-ring (bicyclic) bond motifs is 1. The third-order valence-electron chi connectivity index (χ3n) is 5.16. The molecule has 1 aliphatic rings. The van der Waals surface area contributed by atoms with E-state index in [1.54, 1.807) is 19.1 Å². The summed E-state index contributed by atoms with van der Waals surface area (Å²) >= 11 is 1.15. The second kappa shape index (κ2) is 10.5. The van der Waals surface area contributed by atoms with Crippen molar-refractivity contribution in [2.45, 2.75) is 18.6 Å². The zero-order valence-corrected chi connectivity index (χ0v) is 19.8. The molecule has 3 aromatic rings. The molecule has 4 rings (SSSR count). The van der Waals surface area contributed by atoms with Crippen molar-refractivity contribution in [1.29, 1.82) is 0 Å². The van der Waals surface area contributed by atoms with E-state index in [1.165, 1.54) is 36.1 Å². The summed E-state index contributed by atoms with van der Waals surface area (Å²) in [7, 11) is 1.27. The van der Waals surface area contributed by atoms with E-state index in [1.807, 2.05) is 0 Å². The van der Waals surface area contributed by atoms with Crippen molar-refractivity contribution < 1.29 is 28.3 Å². The molecule has 2 N–H and O–H groups in total. The molecule has 2 amide bonds. The minimum absolute atomic E-state index is 0.0212. The Morgan fingerprint density at radius 1 is 1.23 bits per heavy atom. The van der Waals surface area contributed by atoms with Gasteiger partial charge in [-0.2, -0.15) is 0 Å². The Hall–Kier alpha value is -4.06. The number of hydrogen-bond acceptors (Lipinski definition) is 9. The zero-order chi connectivity index (χ0) is 24.9. The average Bonchev–Trinajstić information content (AvgIpc) is 3.37. The molecule has 0 atom stereocenters. The molecule has 182 valence electrons. The highest BCUT2D eigenvalue weighted by Crippen LogP contribution is 2.23. The van der Waals surface area contributed by atoms with Crippen LogP contribution >= 0.6 is 11.8 Å². The molecule has 0 spiro atoms. The number of aromatic nitrogens is 2. The maximum absolute atomic E-state index is 13.4. The molecule has 3 heterocycles. The van der Waals surface area contributed by atoms with Crippen molar-refractivity contribution in [3.05, 3.63) is 69.5 Å². The molecular weight excluding hydrogens is 476 g/mol. The molecule has 0 saturated carbocycles. The maximum Gasteiger partial charge on any atom is 0.337 e. The number of ether oxygens (including phenoxy) is 2. The van der Waals surface area contributed by atoms with Gasteiger partial charge in [0.25, 0.3) is 5.56 Å². The molecule has 0 bridgehead atoms. The lowest BCUT2D eigenvalue weighted by Gasteiger charge is -2.21. The fraction of sp³-hybridized carbons (Fsp3) is 0.261. The average molecular weight is 499 g/mol. The van der Waals surface area contributed by atoms with Gasteiger partial charge < -0.3 is 24.5 Å². The molecule has 11 nitrogen and oxygen atoms in total. The molecule has 0 saturated heterocycles. The summed E-state index contributed by atoms with van der Waals surface area (Å²) in [4.78, 5) is 54.2. The first kappa shape index (κ1) is 24.1. The lowest BCUT2D eigenvalue weighted by Crippen LogP contribution is -2.44. The number of carbonyl (C=O) groups excluding carboxylic acids is 3. The summed E-state index contributed by atoms with van der Waals surface area (Å²) in [6.07, 6.45) is 1.51. The van der Waals surface area contributed by atoms with Crippen molar-refractivity contribution in [2.24, 2.45) is 0 Å². The molecular formula is C23H22N4O7S. The second-order valence-corrected chi connectivity index (χ2v) is 8.30. The monoisotopic (exact) mass is 498 g/mol. The van der Waals surface area contributed by atoms with Gasteiger partial charge in [0.15, 0.2) is 5.16 Å². The van der Waals surface area contributed by atoms with Crippen LogP contribution in [0, 0.1) is 0 Å².